The lowest BCUT2D eigenvalue weighted by Gasteiger charge is -2.45. The van der Waals surface area contributed by atoms with Gasteiger partial charge in [-0.05, 0) is 61.2 Å². The minimum atomic E-state index is -0.00884. The van der Waals surface area contributed by atoms with Gasteiger partial charge in [0, 0.05) is 27.8 Å². The molecule has 4 aliphatic heterocycles. The number of piperidine rings is 3. The van der Waals surface area contributed by atoms with Crippen molar-refractivity contribution in [1.82, 2.24) is 4.90 Å². The van der Waals surface area contributed by atoms with Crippen LogP contribution in [0.2, 0.25) is 5.02 Å². The Morgan fingerprint density at radius 3 is 2.68 bits per heavy atom. The molecule has 4 aliphatic rings. The zero-order valence-electron chi connectivity index (χ0n) is 14.2. The lowest BCUT2D eigenvalue weighted by atomic mass is 9.85. The fraction of sp³-hybridized carbons (Fsp3) is 0.429. The van der Waals surface area contributed by atoms with Crippen LogP contribution in [-0.4, -0.2) is 30.6 Å². The maximum absolute atomic E-state index is 6.84. The summed E-state index contributed by atoms with van der Waals surface area (Å²) in [5.41, 5.74) is 3.93. The SMILES string of the molecule is Clc1ccc2c(c1)[C@H](O[C@@H]1CN3CCC1CC3)c1ccccc1CS2. The van der Waals surface area contributed by atoms with Crippen LogP contribution >= 0.6 is 23.4 Å². The highest BCUT2D eigenvalue weighted by Crippen LogP contribution is 2.44. The smallest absolute Gasteiger partial charge is 0.109 e. The summed E-state index contributed by atoms with van der Waals surface area (Å²) < 4.78 is 6.84. The van der Waals surface area contributed by atoms with Crippen molar-refractivity contribution in [2.75, 3.05) is 19.6 Å². The third-order valence-corrected chi connectivity index (χ3v) is 7.26. The van der Waals surface area contributed by atoms with Gasteiger partial charge in [-0.15, -0.1) is 11.8 Å². The number of thioether (sulfide) groups is 1. The lowest BCUT2D eigenvalue weighted by Crippen LogP contribution is -2.51. The van der Waals surface area contributed by atoms with Gasteiger partial charge in [0.25, 0.3) is 0 Å². The van der Waals surface area contributed by atoms with E-state index in [0.29, 0.717) is 12.0 Å². The topological polar surface area (TPSA) is 12.5 Å². The molecular weight excluding hydrogens is 350 g/mol. The first-order chi connectivity index (χ1) is 12.3. The van der Waals surface area contributed by atoms with Crippen molar-refractivity contribution in [3.8, 4) is 0 Å². The number of hydrogen-bond donors (Lipinski definition) is 0. The first-order valence-electron chi connectivity index (χ1n) is 9.16. The summed E-state index contributed by atoms with van der Waals surface area (Å²) in [6.45, 7) is 3.56. The summed E-state index contributed by atoms with van der Waals surface area (Å²) in [5, 5.41) is 0.793. The summed E-state index contributed by atoms with van der Waals surface area (Å²) in [5.74, 6) is 1.70. The summed E-state index contributed by atoms with van der Waals surface area (Å²) in [6.07, 6.45) is 2.87. The molecule has 0 spiro atoms. The van der Waals surface area contributed by atoms with Crippen molar-refractivity contribution >= 4 is 23.4 Å². The summed E-state index contributed by atoms with van der Waals surface area (Å²) in [7, 11) is 0. The highest BCUT2D eigenvalue weighted by Gasteiger charge is 2.37. The quantitative estimate of drug-likeness (QED) is 0.724. The van der Waals surface area contributed by atoms with E-state index in [1.165, 1.54) is 47.5 Å². The predicted molar refractivity (Wildman–Crippen MR) is 103 cm³/mol. The maximum Gasteiger partial charge on any atom is 0.109 e. The van der Waals surface area contributed by atoms with Crippen LogP contribution in [0.3, 0.4) is 0 Å². The standard InChI is InChI=1S/C21H22ClNOS/c22-16-5-6-20-18(11-16)21(17-4-2-1-3-15(17)13-25-20)24-19-12-23-9-7-14(19)8-10-23/h1-6,11,14,19,21H,7-10,12-13H2/t19-,21-/m1/s1. The van der Waals surface area contributed by atoms with Crippen LogP contribution < -0.4 is 0 Å². The predicted octanol–water partition coefficient (Wildman–Crippen LogP) is 5.15. The lowest BCUT2D eigenvalue weighted by molar-refractivity contribution is -0.0933. The molecule has 2 bridgehead atoms. The minimum Gasteiger partial charge on any atom is -0.364 e. The largest absolute Gasteiger partial charge is 0.364 e. The van der Waals surface area contributed by atoms with Gasteiger partial charge in [-0.25, -0.2) is 0 Å². The fourth-order valence-electron chi connectivity index (χ4n) is 4.49. The number of fused-ring (bicyclic) bond motifs is 5. The molecule has 0 radical (unpaired) electrons. The molecule has 4 heteroatoms. The Bertz CT molecular complexity index is 787. The molecule has 3 fully saturated rings. The monoisotopic (exact) mass is 371 g/mol. The van der Waals surface area contributed by atoms with Gasteiger partial charge >= 0.3 is 0 Å². The maximum atomic E-state index is 6.84. The second-order valence-electron chi connectivity index (χ2n) is 7.36. The van der Waals surface area contributed by atoms with Gasteiger partial charge in [0.1, 0.15) is 6.10 Å². The van der Waals surface area contributed by atoms with E-state index in [2.05, 4.69) is 41.3 Å². The van der Waals surface area contributed by atoms with Crippen molar-refractivity contribution in [3.05, 3.63) is 64.2 Å². The van der Waals surface area contributed by atoms with Crippen LogP contribution in [-0.2, 0) is 10.5 Å². The Morgan fingerprint density at radius 1 is 1.04 bits per heavy atom. The van der Waals surface area contributed by atoms with Crippen LogP contribution in [0.15, 0.2) is 47.4 Å². The fourth-order valence-corrected chi connectivity index (χ4v) is 5.74. The van der Waals surface area contributed by atoms with Crippen LogP contribution in [0.25, 0.3) is 0 Å². The van der Waals surface area contributed by atoms with E-state index < -0.39 is 0 Å². The minimum absolute atomic E-state index is 0.00884. The molecule has 0 saturated carbocycles. The van der Waals surface area contributed by atoms with E-state index in [9.17, 15) is 0 Å². The van der Waals surface area contributed by atoms with Gasteiger partial charge in [0.15, 0.2) is 0 Å². The molecule has 2 atom stereocenters. The average Bonchev–Trinajstić information content (AvgIpc) is 2.80. The number of benzene rings is 2. The summed E-state index contributed by atoms with van der Waals surface area (Å²) in [4.78, 5) is 3.85. The van der Waals surface area contributed by atoms with E-state index in [0.717, 1.165) is 17.3 Å². The van der Waals surface area contributed by atoms with Crippen LogP contribution in [0, 0.1) is 5.92 Å². The highest BCUT2D eigenvalue weighted by atomic mass is 35.5. The Hall–Kier alpha value is -1.00. The molecule has 2 nitrogen and oxygen atoms in total. The van der Waals surface area contributed by atoms with Crippen molar-refractivity contribution in [3.63, 3.8) is 0 Å². The van der Waals surface area contributed by atoms with Gasteiger partial charge in [-0.1, -0.05) is 35.9 Å². The van der Waals surface area contributed by atoms with Crippen molar-refractivity contribution < 1.29 is 4.74 Å². The molecule has 6 rings (SSSR count). The average molecular weight is 372 g/mol. The van der Waals surface area contributed by atoms with Gasteiger partial charge in [-0.2, -0.15) is 0 Å². The van der Waals surface area contributed by atoms with E-state index in [1.807, 2.05) is 17.8 Å². The number of nitrogens with zero attached hydrogens (tertiary/aromatic N) is 1. The van der Waals surface area contributed by atoms with Gasteiger partial charge < -0.3 is 9.64 Å². The van der Waals surface area contributed by atoms with Crippen LogP contribution in [0.5, 0.6) is 0 Å². The molecule has 4 heterocycles. The molecule has 3 saturated heterocycles. The molecule has 25 heavy (non-hydrogen) atoms. The van der Waals surface area contributed by atoms with Crippen molar-refractivity contribution in [2.45, 2.75) is 35.7 Å². The third kappa shape index (κ3) is 3.02. The Labute approximate surface area is 158 Å². The molecule has 130 valence electrons. The van der Waals surface area contributed by atoms with Crippen molar-refractivity contribution in [1.29, 1.82) is 0 Å². The Kier molecular flexibility index (Phi) is 4.29. The number of hydrogen-bond acceptors (Lipinski definition) is 3. The zero-order chi connectivity index (χ0) is 16.8. The van der Waals surface area contributed by atoms with Gasteiger partial charge in [0.2, 0.25) is 0 Å². The Balaban J connectivity index is 1.56. The first kappa shape index (κ1) is 16.2. The second-order valence-corrected chi connectivity index (χ2v) is 8.82. The van der Waals surface area contributed by atoms with E-state index in [4.69, 9.17) is 16.3 Å². The number of halogens is 1. The summed E-state index contributed by atoms with van der Waals surface area (Å²) in [6, 6.07) is 15.0. The molecule has 0 N–H and O–H groups in total. The third-order valence-electron chi connectivity index (χ3n) is 5.88. The molecule has 0 unspecified atom stereocenters. The van der Waals surface area contributed by atoms with Gasteiger partial charge in [-0.3, -0.25) is 0 Å². The molecular formula is C21H22ClNOS. The number of ether oxygens (including phenoxy) is 1. The zero-order valence-corrected chi connectivity index (χ0v) is 15.7. The van der Waals surface area contributed by atoms with E-state index in [1.54, 1.807) is 0 Å². The van der Waals surface area contributed by atoms with Crippen molar-refractivity contribution in [2.24, 2.45) is 5.92 Å². The summed E-state index contributed by atoms with van der Waals surface area (Å²) >= 11 is 8.25. The molecule has 0 amide bonds. The van der Waals surface area contributed by atoms with E-state index in [-0.39, 0.29) is 6.10 Å². The normalized spacial score (nSPS) is 30.4. The van der Waals surface area contributed by atoms with Gasteiger partial charge in [0.05, 0.1) is 6.10 Å². The molecule has 2 aromatic carbocycles. The molecule has 0 aromatic heterocycles. The second kappa shape index (κ2) is 6.62. The highest BCUT2D eigenvalue weighted by molar-refractivity contribution is 7.98. The number of rotatable bonds is 2. The Morgan fingerprint density at radius 2 is 1.88 bits per heavy atom. The molecule has 0 aliphatic carbocycles. The first-order valence-corrected chi connectivity index (χ1v) is 10.5. The molecule has 2 aromatic rings. The van der Waals surface area contributed by atoms with Crippen LogP contribution in [0.4, 0.5) is 0 Å². The van der Waals surface area contributed by atoms with Crippen LogP contribution in [0.1, 0.15) is 35.6 Å². The van der Waals surface area contributed by atoms with E-state index >= 15 is 0 Å².